The molecule has 0 N–H and O–H groups in total. The molecule has 0 bridgehead atoms. The molecule has 0 amide bonds. The number of hydrogen-bond acceptors (Lipinski definition) is 1. The summed E-state index contributed by atoms with van der Waals surface area (Å²) in [6.45, 7) is 15.0. The molecule has 20 heavy (non-hydrogen) atoms. The fraction of sp³-hybridized carbons (Fsp3) is 1.00. The van der Waals surface area contributed by atoms with Crippen molar-refractivity contribution in [3.8, 4) is 0 Å². The van der Waals surface area contributed by atoms with Crippen LogP contribution in [-0.4, -0.2) is 23.5 Å². The highest BCUT2D eigenvalue weighted by molar-refractivity contribution is 5.00. The maximum absolute atomic E-state index is 2.94. The van der Waals surface area contributed by atoms with E-state index in [0.717, 1.165) is 11.8 Å². The summed E-state index contributed by atoms with van der Waals surface area (Å²) in [6.07, 6.45) is 11.5. The van der Waals surface area contributed by atoms with Crippen LogP contribution in [0.25, 0.3) is 0 Å². The van der Waals surface area contributed by atoms with Crippen LogP contribution in [0, 0.1) is 17.3 Å². The van der Waals surface area contributed by atoms with E-state index in [0.29, 0.717) is 11.0 Å². The van der Waals surface area contributed by atoms with Gasteiger partial charge in [0.05, 0.1) is 0 Å². The van der Waals surface area contributed by atoms with Crippen molar-refractivity contribution in [1.82, 2.24) is 4.90 Å². The summed E-state index contributed by atoms with van der Waals surface area (Å²) >= 11 is 0. The van der Waals surface area contributed by atoms with Gasteiger partial charge in [-0.05, 0) is 55.9 Å². The molecule has 0 aromatic heterocycles. The van der Waals surface area contributed by atoms with Crippen molar-refractivity contribution in [2.75, 3.05) is 13.1 Å². The Balaban J connectivity index is 2.20. The summed E-state index contributed by atoms with van der Waals surface area (Å²) < 4.78 is 0. The van der Waals surface area contributed by atoms with Crippen LogP contribution in [0.4, 0.5) is 0 Å². The second-order valence-electron chi connectivity index (χ2n) is 8.48. The normalized spacial score (nSPS) is 37.5. The molecule has 2 fully saturated rings. The van der Waals surface area contributed by atoms with E-state index in [1.165, 1.54) is 64.5 Å². The third-order valence-corrected chi connectivity index (χ3v) is 6.75. The standard InChI is InChI=1S/C19H37N/c1-6-17(4)14-19-11-7-8-13-20(19)15-18(5,16(2)3)10-9-12-19/h16-17H,6-15H2,1-5H3. The Kier molecular flexibility index (Phi) is 5.21. The van der Waals surface area contributed by atoms with E-state index >= 15 is 0 Å². The molecular weight excluding hydrogens is 242 g/mol. The first kappa shape index (κ1) is 16.3. The van der Waals surface area contributed by atoms with Crippen molar-refractivity contribution in [3.63, 3.8) is 0 Å². The highest BCUT2D eigenvalue weighted by Gasteiger charge is 2.45. The average molecular weight is 280 g/mol. The van der Waals surface area contributed by atoms with Crippen LogP contribution in [-0.2, 0) is 0 Å². The molecule has 2 saturated heterocycles. The third-order valence-electron chi connectivity index (χ3n) is 6.75. The van der Waals surface area contributed by atoms with Gasteiger partial charge >= 0.3 is 0 Å². The van der Waals surface area contributed by atoms with E-state index in [2.05, 4.69) is 39.5 Å². The minimum Gasteiger partial charge on any atom is -0.297 e. The maximum atomic E-state index is 2.94. The molecule has 0 aromatic rings. The average Bonchev–Trinajstić information content (AvgIpc) is 2.55. The van der Waals surface area contributed by atoms with Gasteiger partial charge in [0, 0.05) is 12.1 Å². The van der Waals surface area contributed by atoms with Gasteiger partial charge < -0.3 is 0 Å². The molecule has 2 rings (SSSR count). The zero-order chi connectivity index (χ0) is 14.8. The van der Waals surface area contributed by atoms with Crippen LogP contribution in [0.15, 0.2) is 0 Å². The minimum atomic E-state index is 0.536. The Morgan fingerprint density at radius 3 is 2.35 bits per heavy atom. The van der Waals surface area contributed by atoms with Gasteiger partial charge in [0.1, 0.15) is 0 Å². The van der Waals surface area contributed by atoms with E-state index < -0.39 is 0 Å². The molecule has 118 valence electrons. The maximum Gasteiger partial charge on any atom is 0.0212 e. The van der Waals surface area contributed by atoms with Crippen molar-refractivity contribution >= 4 is 0 Å². The van der Waals surface area contributed by atoms with Gasteiger partial charge in [-0.15, -0.1) is 0 Å². The van der Waals surface area contributed by atoms with E-state index in [1.807, 2.05) is 0 Å². The highest BCUT2D eigenvalue weighted by Crippen LogP contribution is 2.46. The molecule has 2 aliphatic heterocycles. The Labute approximate surface area is 127 Å². The van der Waals surface area contributed by atoms with E-state index in [9.17, 15) is 0 Å². The first-order valence-electron chi connectivity index (χ1n) is 9.17. The fourth-order valence-electron chi connectivity index (χ4n) is 4.62. The first-order chi connectivity index (χ1) is 9.42. The van der Waals surface area contributed by atoms with E-state index in [1.54, 1.807) is 0 Å². The summed E-state index contributed by atoms with van der Waals surface area (Å²) in [7, 11) is 0. The lowest BCUT2D eigenvalue weighted by molar-refractivity contribution is -0.00168. The zero-order valence-corrected chi connectivity index (χ0v) is 14.7. The Morgan fingerprint density at radius 2 is 1.70 bits per heavy atom. The summed E-state index contributed by atoms with van der Waals surface area (Å²) in [5.74, 6) is 1.70. The zero-order valence-electron chi connectivity index (χ0n) is 14.7. The largest absolute Gasteiger partial charge is 0.297 e. The lowest BCUT2D eigenvalue weighted by Crippen LogP contribution is -2.54. The topological polar surface area (TPSA) is 3.24 Å². The van der Waals surface area contributed by atoms with Crippen molar-refractivity contribution in [2.45, 2.75) is 91.5 Å². The van der Waals surface area contributed by atoms with Crippen LogP contribution in [0.1, 0.15) is 86.0 Å². The van der Waals surface area contributed by atoms with Crippen molar-refractivity contribution in [1.29, 1.82) is 0 Å². The van der Waals surface area contributed by atoms with Crippen molar-refractivity contribution in [3.05, 3.63) is 0 Å². The minimum absolute atomic E-state index is 0.536. The molecule has 0 aromatic carbocycles. The smallest absolute Gasteiger partial charge is 0.0212 e. The summed E-state index contributed by atoms with van der Waals surface area (Å²) in [5.41, 5.74) is 1.09. The van der Waals surface area contributed by atoms with E-state index in [4.69, 9.17) is 0 Å². The van der Waals surface area contributed by atoms with Crippen LogP contribution in [0.5, 0.6) is 0 Å². The number of nitrogens with zero attached hydrogens (tertiary/aromatic N) is 1. The van der Waals surface area contributed by atoms with Gasteiger partial charge in [0.2, 0.25) is 0 Å². The number of rotatable bonds is 4. The van der Waals surface area contributed by atoms with Crippen molar-refractivity contribution < 1.29 is 0 Å². The number of piperidine rings is 1. The monoisotopic (exact) mass is 279 g/mol. The second kappa shape index (κ2) is 6.38. The summed E-state index contributed by atoms with van der Waals surface area (Å²) in [5, 5.41) is 0. The second-order valence-corrected chi connectivity index (χ2v) is 8.48. The molecule has 0 aliphatic carbocycles. The van der Waals surface area contributed by atoms with Gasteiger partial charge in [0.25, 0.3) is 0 Å². The van der Waals surface area contributed by atoms with Crippen LogP contribution in [0.3, 0.4) is 0 Å². The van der Waals surface area contributed by atoms with E-state index in [-0.39, 0.29) is 0 Å². The van der Waals surface area contributed by atoms with Gasteiger partial charge in [-0.2, -0.15) is 0 Å². The van der Waals surface area contributed by atoms with Gasteiger partial charge in [-0.1, -0.05) is 53.9 Å². The molecule has 2 aliphatic rings. The lowest BCUT2D eigenvalue weighted by atomic mass is 9.75. The lowest BCUT2D eigenvalue weighted by Gasteiger charge is -2.50. The SMILES string of the molecule is CCC(C)CC12CCCCN1CC(C)(C(C)C)CCC2. The quantitative estimate of drug-likeness (QED) is 0.657. The fourth-order valence-corrected chi connectivity index (χ4v) is 4.62. The van der Waals surface area contributed by atoms with Crippen molar-refractivity contribution in [2.24, 2.45) is 17.3 Å². The Bertz CT molecular complexity index is 311. The predicted molar refractivity (Wildman–Crippen MR) is 89.0 cm³/mol. The summed E-state index contributed by atoms with van der Waals surface area (Å²) in [4.78, 5) is 2.94. The molecule has 3 atom stereocenters. The molecular formula is C19H37N. The molecule has 1 heteroatoms. The van der Waals surface area contributed by atoms with Gasteiger partial charge in [0.15, 0.2) is 0 Å². The molecule has 3 unspecified atom stereocenters. The molecule has 0 radical (unpaired) electrons. The Hall–Kier alpha value is -0.0400. The predicted octanol–water partition coefficient (Wildman–Crippen LogP) is 5.49. The van der Waals surface area contributed by atoms with Crippen LogP contribution >= 0.6 is 0 Å². The molecule has 1 nitrogen and oxygen atoms in total. The molecule has 0 saturated carbocycles. The van der Waals surface area contributed by atoms with Gasteiger partial charge in [-0.3, -0.25) is 4.90 Å². The number of fused-ring (bicyclic) bond motifs is 1. The van der Waals surface area contributed by atoms with Crippen LogP contribution in [0.2, 0.25) is 0 Å². The van der Waals surface area contributed by atoms with Gasteiger partial charge in [-0.25, -0.2) is 0 Å². The molecule has 0 spiro atoms. The Morgan fingerprint density at radius 1 is 1.00 bits per heavy atom. The third kappa shape index (κ3) is 3.24. The number of hydrogen-bond donors (Lipinski definition) is 0. The summed E-state index contributed by atoms with van der Waals surface area (Å²) in [6, 6.07) is 0. The first-order valence-corrected chi connectivity index (χ1v) is 9.17. The molecule has 2 heterocycles. The highest BCUT2D eigenvalue weighted by atomic mass is 15.2. The van der Waals surface area contributed by atoms with Crippen LogP contribution < -0.4 is 0 Å².